The van der Waals surface area contributed by atoms with E-state index in [4.69, 9.17) is 4.74 Å². The van der Waals surface area contributed by atoms with Gasteiger partial charge in [-0.25, -0.2) is 0 Å². The zero-order valence-corrected chi connectivity index (χ0v) is 9.40. The van der Waals surface area contributed by atoms with Crippen molar-refractivity contribution >= 4 is 0 Å². The van der Waals surface area contributed by atoms with Crippen LogP contribution in [0.15, 0.2) is 42.5 Å². The van der Waals surface area contributed by atoms with Crippen molar-refractivity contribution in [1.82, 2.24) is 0 Å². The Bertz CT molecular complexity index is 504. The van der Waals surface area contributed by atoms with E-state index in [9.17, 15) is 5.11 Å². The maximum atomic E-state index is 9.40. The number of hydrogen-bond donors (Lipinski definition) is 1. The summed E-state index contributed by atoms with van der Waals surface area (Å²) in [5, 5.41) is 9.40. The SMILES string of the molecule is Cc1cccc(Oc2ccc(O)c(C)c2)c1. The molecular formula is C14H14O2. The van der Waals surface area contributed by atoms with Gasteiger partial charge < -0.3 is 9.84 Å². The molecule has 0 heterocycles. The first-order valence-electron chi connectivity index (χ1n) is 5.19. The molecule has 2 nitrogen and oxygen atoms in total. The van der Waals surface area contributed by atoms with Gasteiger partial charge in [0.25, 0.3) is 0 Å². The maximum Gasteiger partial charge on any atom is 0.127 e. The highest BCUT2D eigenvalue weighted by atomic mass is 16.5. The number of phenols is 1. The first-order valence-corrected chi connectivity index (χ1v) is 5.19. The van der Waals surface area contributed by atoms with Crippen molar-refractivity contribution in [2.75, 3.05) is 0 Å². The minimum Gasteiger partial charge on any atom is -0.508 e. The average molecular weight is 214 g/mol. The number of phenolic OH excluding ortho intramolecular Hbond substituents is 1. The molecule has 2 heteroatoms. The van der Waals surface area contributed by atoms with E-state index in [1.165, 1.54) is 0 Å². The summed E-state index contributed by atoms with van der Waals surface area (Å²) in [5.41, 5.74) is 1.97. The second-order valence-electron chi connectivity index (χ2n) is 3.87. The summed E-state index contributed by atoms with van der Waals surface area (Å²) in [7, 11) is 0. The molecular weight excluding hydrogens is 200 g/mol. The molecule has 0 aromatic heterocycles. The molecule has 0 unspecified atom stereocenters. The lowest BCUT2D eigenvalue weighted by Crippen LogP contribution is -1.85. The first kappa shape index (κ1) is 10.6. The van der Waals surface area contributed by atoms with Gasteiger partial charge in [0, 0.05) is 0 Å². The molecule has 1 N–H and O–H groups in total. The molecule has 82 valence electrons. The number of ether oxygens (including phenoxy) is 1. The fraction of sp³-hybridized carbons (Fsp3) is 0.143. The Hall–Kier alpha value is -1.96. The van der Waals surface area contributed by atoms with E-state index in [1.54, 1.807) is 12.1 Å². The van der Waals surface area contributed by atoms with Crippen molar-refractivity contribution in [2.24, 2.45) is 0 Å². The maximum absolute atomic E-state index is 9.40. The van der Waals surface area contributed by atoms with Crippen LogP contribution in [0.25, 0.3) is 0 Å². The third-order valence-corrected chi connectivity index (χ3v) is 2.39. The molecule has 0 radical (unpaired) electrons. The number of aryl methyl sites for hydroxylation is 2. The zero-order valence-electron chi connectivity index (χ0n) is 9.40. The van der Waals surface area contributed by atoms with Crippen molar-refractivity contribution < 1.29 is 9.84 Å². The number of hydrogen-bond acceptors (Lipinski definition) is 2. The standard InChI is InChI=1S/C14H14O2/c1-10-4-3-5-12(8-10)16-13-6-7-14(15)11(2)9-13/h3-9,15H,1-2H3. The molecule has 0 atom stereocenters. The number of benzene rings is 2. The van der Waals surface area contributed by atoms with Crippen LogP contribution < -0.4 is 4.74 Å². The van der Waals surface area contributed by atoms with Gasteiger partial charge in [-0.2, -0.15) is 0 Å². The Balaban J connectivity index is 2.24. The van der Waals surface area contributed by atoms with Crippen LogP contribution in [0.1, 0.15) is 11.1 Å². The summed E-state index contributed by atoms with van der Waals surface area (Å²) >= 11 is 0. The van der Waals surface area contributed by atoms with Gasteiger partial charge in [-0.15, -0.1) is 0 Å². The predicted octanol–water partition coefficient (Wildman–Crippen LogP) is 3.80. The molecule has 0 aliphatic heterocycles. The molecule has 2 aromatic carbocycles. The van der Waals surface area contributed by atoms with Crippen LogP contribution in [-0.4, -0.2) is 5.11 Å². The normalized spacial score (nSPS) is 10.1. The van der Waals surface area contributed by atoms with Gasteiger partial charge in [0.05, 0.1) is 0 Å². The van der Waals surface area contributed by atoms with Gasteiger partial charge in [-0.05, 0) is 55.3 Å². The Labute approximate surface area is 95.1 Å². The largest absolute Gasteiger partial charge is 0.508 e. The summed E-state index contributed by atoms with van der Waals surface area (Å²) in [6, 6.07) is 13.1. The van der Waals surface area contributed by atoms with Gasteiger partial charge in [0.2, 0.25) is 0 Å². The predicted molar refractivity (Wildman–Crippen MR) is 64.1 cm³/mol. The van der Waals surface area contributed by atoms with Crippen LogP contribution in [-0.2, 0) is 0 Å². The average Bonchev–Trinajstić information content (AvgIpc) is 2.24. The quantitative estimate of drug-likeness (QED) is 0.823. The minimum absolute atomic E-state index is 0.289. The Morgan fingerprint density at radius 2 is 1.69 bits per heavy atom. The molecule has 0 saturated heterocycles. The monoisotopic (exact) mass is 214 g/mol. The number of rotatable bonds is 2. The zero-order chi connectivity index (χ0) is 11.5. The summed E-state index contributed by atoms with van der Waals surface area (Å²) < 4.78 is 5.68. The lowest BCUT2D eigenvalue weighted by atomic mass is 10.2. The fourth-order valence-corrected chi connectivity index (χ4v) is 1.51. The van der Waals surface area contributed by atoms with Gasteiger partial charge in [-0.1, -0.05) is 12.1 Å². The molecule has 0 aliphatic carbocycles. The van der Waals surface area contributed by atoms with E-state index in [2.05, 4.69) is 0 Å². The van der Waals surface area contributed by atoms with E-state index < -0.39 is 0 Å². The van der Waals surface area contributed by atoms with Crippen LogP contribution in [0.3, 0.4) is 0 Å². The Morgan fingerprint density at radius 3 is 2.38 bits per heavy atom. The molecule has 0 amide bonds. The molecule has 0 aliphatic rings. The Kier molecular flexibility index (Phi) is 2.82. The summed E-state index contributed by atoms with van der Waals surface area (Å²) in [6.07, 6.45) is 0. The van der Waals surface area contributed by atoms with Gasteiger partial charge in [-0.3, -0.25) is 0 Å². The molecule has 2 aromatic rings. The summed E-state index contributed by atoms with van der Waals surface area (Å²) in [6.45, 7) is 3.87. The minimum atomic E-state index is 0.289. The van der Waals surface area contributed by atoms with E-state index in [0.717, 1.165) is 22.6 Å². The molecule has 0 saturated carbocycles. The van der Waals surface area contributed by atoms with Crippen molar-refractivity contribution in [3.63, 3.8) is 0 Å². The summed E-state index contributed by atoms with van der Waals surface area (Å²) in [4.78, 5) is 0. The van der Waals surface area contributed by atoms with E-state index in [-0.39, 0.29) is 5.75 Å². The summed E-state index contributed by atoms with van der Waals surface area (Å²) in [5.74, 6) is 1.84. The fourth-order valence-electron chi connectivity index (χ4n) is 1.51. The smallest absolute Gasteiger partial charge is 0.127 e. The van der Waals surface area contributed by atoms with Crippen molar-refractivity contribution in [3.8, 4) is 17.2 Å². The third kappa shape index (κ3) is 2.34. The first-order chi connectivity index (χ1) is 7.65. The van der Waals surface area contributed by atoms with Crippen molar-refractivity contribution in [2.45, 2.75) is 13.8 Å². The third-order valence-electron chi connectivity index (χ3n) is 2.39. The lowest BCUT2D eigenvalue weighted by Gasteiger charge is -2.07. The molecule has 0 spiro atoms. The second-order valence-corrected chi connectivity index (χ2v) is 3.87. The Morgan fingerprint density at radius 1 is 0.938 bits per heavy atom. The highest BCUT2D eigenvalue weighted by molar-refractivity contribution is 5.40. The molecule has 16 heavy (non-hydrogen) atoms. The van der Waals surface area contributed by atoms with Gasteiger partial charge in [0.15, 0.2) is 0 Å². The van der Waals surface area contributed by atoms with Crippen LogP contribution in [0.5, 0.6) is 17.2 Å². The second kappa shape index (κ2) is 4.27. The van der Waals surface area contributed by atoms with E-state index in [1.807, 2.05) is 44.2 Å². The van der Waals surface area contributed by atoms with Gasteiger partial charge in [0.1, 0.15) is 17.2 Å². The van der Waals surface area contributed by atoms with Gasteiger partial charge >= 0.3 is 0 Å². The van der Waals surface area contributed by atoms with Crippen LogP contribution >= 0.6 is 0 Å². The highest BCUT2D eigenvalue weighted by Gasteiger charge is 2.00. The van der Waals surface area contributed by atoms with Crippen LogP contribution in [0.2, 0.25) is 0 Å². The van der Waals surface area contributed by atoms with E-state index in [0.29, 0.717) is 0 Å². The number of aromatic hydroxyl groups is 1. The highest BCUT2D eigenvalue weighted by Crippen LogP contribution is 2.26. The van der Waals surface area contributed by atoms with Crippen molar-refractivity contribution in [3.05, 3.63) is 53.6 Å². The van der Waals surface area contributed by atoms with Crippen LogP contribution in [0, 0.1) is 13.8 Å². The molecule has 2 rings (SSSR count). The molecule has 0 fully saturated rings. The van der Waals surface area contributed by atoms with Crippen LogP contribution in [0.4, 0.5) is 0 Å². The van der Waals surface area contributed by atoms with E-state index >= 15 is 0 Å². The molecule has 0 bridgehead atoms. The topological polar surface area (TPSA) is 29.5 Å². The lowest BCUT2D eigenvalue weighted by molar-refractivity contribution is 0.460. The van der Waals surface area contributed by atoms with Crippen molar-refractivity contribution in [1.29, 1.82) is 0 Å².